The van der Waals surface area contributed by atoms with Gasteiger partial charge in [0.2, 0.25) is 63.6 Å². The Kier molecular flexibility index (Phi) is 28.5. The number of H-pyrrole nitrogens is 4. The summed E-state index contributed by atoms with van der Waals surface area (Å²) in [7, 11) is -12.9. The van der Waals surface area contributed by atoms with E-state index in [1.807, 2.05) is 133 Å². The highest BCUT2D eigenvalue weighted by molar-refractivity contribution is 7.89. The van der Waals surface area contributed by atoms with Crippen molar-refractivity contribution < 1.29 is 70.2 Å². The van der Waals surface area contributed by atoms with Gasteiger partial charge in [0.1, 0.15) is 46.5 Å². The molecule has 0 saturated carbocycles. The molecule has 0 unspecified atom stereocenters. The lowest BCUT2D eigenvalue weighted by atomic mass is 10.0. The van der Waals surface area contributed by atoms with Crippen LogP contribution in [-0.4, -0.2) is 257 Å². The molecule has 0 amide bonds. The van der Waals surface area contributed by atoms with Crippen molar-refractivity contribution in [1.29, 1.82) is 0 Å². The molecule has 730 valence electrons. The minimum absolute atomic E-state index is 0.145. The Labute approximate surface area is 799 Å². The molecule has 12 aromatic heterocycles. The first-order chi connectivity index (χ1) is 66.3. The maximum atomic E-state index is 13.9. The van der Waals surface area contributed by atoms with Crippen LogP contribution in [-0.2, 0) is 40.1 Å². The summed E-state index contributed by atoms with van der Waals surface area (Å²) in [6, 6.07) is 29.3. The number of hydrogen-bond donors (Lipinski definition) is 8. The van der Waals surface area contributed by atoms with Crippen LogP contribution in [0.3, 0.4) is 0 Å². The average molecular weight is 2010 g/mol. The van der Waals surface area contributed by atoms with Crippen LogP contribution in [0.4, 0.5) is 40.8 Å². The Hall–Kier alpha value is -13.3. The highest BCUT2D eigenvalue weighted by atomic mass is 35.5. The lowest BCUT2D eigenvalue weighted by molar-refractivity contribution is 0.131. The number of anilines is 4. The van der Waals surface area contributed by atoms with Gasteiger partial charge in [-0.3, -0.25) is 0 Å². The number of benzene rings is 4. The molecule has 4 atom stereocenters. The third-order valence-corrected chi connectivity index (χ3v) is 29.8. The van der Waals surface area contributed by atoms with E-state index >= 15 is 0 Å². The van der Waals surface area contributed by atoms with Gasteiger partial charge < -0.3 is 60.2 Å². The molecule has 4 aliphatic rings. The molecule has 16 heterocycles. The van der Waals surface area contributed by atoms with Gasteiger partial charge in [-0.15, -0.1) is 0 Å². The van der Waals surface area contributed by atoms with Crippen molar-refractivity contribution in [2.24, 2.45) is 0 Å². The summed E-state index contributed by atoms with van der Waals surface area (Å²) in [5, 5.41) is 19.2. The molecular weight excluding hydrogens is 1910 g/mol. The first kappa shape index (κ1) is 97.3. The number of aryl methyl sites for hydroxylation is 2. The zero-order chi connectivity index (χ0) is 98.1. The predicted octanol–water partition coefficient (Wildman–Crippen LogP) is 12.7. The van der Waals surface area contributed by atoms with Crippen LogP contribution < -0.4 is 40.2 Å². The first-order valence-corrected chi connectivity index (χ1v) is 52.3. The number of imidazole rings is 4. The number of halogens is 5. The van der Waals surface area contributed by atoms with E-state index in [0.29, 0.717) is 194 Å². The maximum Gasteiger partial charge on any atom is 0.312 e. The number of aromatic nitrogens is 21. The Bertz CT molecular complexity index is 7230. The number of nitrogens with one attached hydrogen (secondary N) is 8. The van der Waals surface area contributed by atoms with Crippen LogP contribution in [0.2, 0.25) is 5.02 Å². The molecule has 8 N–H and O–H groups in total. The van der Waals surface area contributed by atoms with Crippen molar-refractivity contribution in [3.8, 4) is 23.5 Å². The summed E-state index contributed by atoms with van der Waals surface area (Å²) >= 11 is 6.50. The summed E-state index contributed by atoms with van der Waals surface area (Å²) in [4.78, 5) is 81.6. The standard InChI is InChI=1S/C23H26FN7O3S.C22H23ClFN7O3S.C22H25FN8O3S.C22H24FN7O3S/c1-13-5-4-6-15-11-17(14(2)27-21-19-20(26-12-25-19)29-23(24)30-21)28-22(18(13)15)34-16-7-9-31(10-8-16)35(3,32)33;1-12(27-20-18-19(26-11-25-18)29-22(24)30-20)16-10-13-4-3-5-15(23)17(13)21(28-16)34-14-6-8-31(9-7-14)35(2,32)33;1-12-5-4-6-15-16(12)21(34-14-7-9-31(10-8-14)35(3,32)33)28-18(27-15)13(2)26-20-17-19(25-11-24-17)29-22(23)30-20;1-13(26-20-18-19(25-12-24-18)28-22(23)29-20)17-11-14-5-3-4-6-16(14)21(27-17)33-15-7-9-30(10-8-15)34(2,31)32/h4-6,11-12,14,16H,7-10H2,1-3H3,(H2,25,26,27,29,30);3-5,10-12,14H,6-9H2,1-2H3,(H2,25,26,27,29,30);4-6,11,13-14H,7-10H2,1-3H3,(H2,24,25,26,29,30);3-6,11-13,15H,7-10H2,1-2H3,(H2,24,25,26,28,29)/t14-;12-;2*13-/m0000/s1. The molecule has 4 aromatic carbocycles. The fourth-order valence-electron chi connectivity index (χ4n) is 17.0. The molecule has 0 radical (unpaired) electrons. The second-order valence-electron chi connectivity index (χ2n) is 34.3. The molecule has 41 nitrogen and oxygen atoms in total. The van der Waals surface area contributed by atoms with Crippen LogP contribution in [0.1, 0.15) is 137 Å². The van der Waals surface area contributed by atoms with E-state index in [-0.39, 0.29) is 82.6 Å². The molecular formula is C89H98ClF4N29O12S4. The van der Waals surface area contributed by atoms with E-state index in [0.717, 1.165) is 43.4 Å². The van der Waals surface area contributed by atoms with E-state index < -0.39 is 70.4 Å². The molecule has 4 fully saturated rings. The fraction of sp³-hybridized carbons (Fsp3) is 0.382. The maximum absolute atomic E-state index is 13.9. The van der Waals surface area contributed by atoms with Crippen LogP contribution in [0.5, 0.6) is 23.5 Å². The molecule has 4 saturated heterocycles. The van der Waals surface area contributed by atoms with Gasteiger partial charge in [-0.05, 0) is 157 Å². The number of fused-ring (bicyclic) bond motifs is 8. The molecule has 16 aromatic rings. The average Bonchev–Trinajstić information content (AvgIpc) is 1.61. The van der Waals surface area contributed by atoms with E-state index in [2.05, 4.69) is 101 Å². The quantitative estimate of drug-likeness (QED) is 0.0206. The van der Waals surface area contributed by atoms with Crippen LogP contribution >= 0.6 is 11.6 Å². The van der Waals surface area contributed by atoms with Gasteiger partial charge in [-0.25, -0.2) is 90.8 Å². The highest BCUT2D eigenvalue weighted by Crippen LogP contribution is 2.40. The minimum atomic E-state index is -3.24. The topological polar surface area (TPSA) is 517 Å². The molecule has 4 aliphatic heterocycles. The monoisotopic (exact) mass is 2000 g/mol. The summed E-state index contributed by atoms with van der Waals surface area (Å²) in [5.41, 5.74) is 7.60. The Morgan fingerprint density at radius 3 is 1.04 bits per heavy atom. The zero-order valence-electron chi connectivity index (χ0n) is 76.8. The Morgan fingerprint density at radius 1 is 0.353 bits per heavy atom. The Morgan fingerprint density at radius 2 is 0.655 bits per heavy atom. The lowest BCUT2D eigenvalue weighted by Gasteiger charge is -2.30. The van der Waals surface area contributed by atoms with Crippen molar-refractivity contribution in [2.45, 2.75) is 141 Å². The molecule has 0 bridgehead atoms. The predicted molar refractivity (Wildman–Crippen MR) is 514 cm³/mol. The highest BCUT2D eigenvalue weighted by Gasteiger charge is 2.34. The summed E-state index contributed by atoms with van der Waals surface area (Å²) in [5.74, 6) is 3.34. The fourth-order valence-corrected chi connectivity index (χ4v) is 20.7. The number of hydrogen-bond acceptors (Lipinski definition) is 33. The van der Waals surface area contributed by atoms with Crippen molar-refractivity contribution in [3.63, 3.8) is 0 Å². The number of pyridine rings is 3. The van der Waals surface area contributed by atoms with Gasteiger partial charge in [0.25, 0.3) is 0 Å². The molecule has 20 rings (SSSR count). The smallest absolute Gasteiger partial charge is 0.312 e. The number of ether oxygens (including phenoxy) is 4. The van der Waals surface area contributed by atoms with Gasteiger partial charge in [0.05, 0.1) is 113 Å². The molecule has 0 aliphatic carbocycles. The van der Waals surface area contributed by atoms with Crippen molar-refractivity contribution >= 4 is 163 Å². The molecule has 139 heavy (non-hydrogen) atoms. The van der Waals surface area contributed by atoms with Gasteiger partial charge >= 0.3 is 24.3 Å². The third kappa shape index (κ3) is 22.7. The number of piperidine rings is 4. The van der Waals surface area contributed by atoms with Crippen molar-refractivity contribution in [3.05, 3.63) is 186 Å². The summed E-state index contributed by atoms with van der Waals surface area (Å²) in [6.07, 6.45) is 10.9. The van der Waals surface area contributed by atoms with Crippen molar-refractivity contribution in [1.82, 2.24) is 122 Å². The second kappa shape index (κ2) is 40.6. The first-order valence-electron chi connectivity index (χ1n) is 44.5. The van der Waals surface area contributed by atoms with Gasteiger partial charge in [0, 0.05) is 63.1 Å². The van der Waals surface area contributed by atoms with E-state index in [1.54, 1.807) is 6.07 Å². The number of sulfonamides is 4. The Balaban J connectivity index is 0.000000128. The number of aromatic amines is 4. The number of rotatable bonds is 24. The SMILES string of the molecule is C[C@H](Nc1nc(F)nc2nc[nH]c12)c1cc2cccc(Cl)c2c(OC2CCN(S(C)(=O)=O)CC2)n1.C[C@H](Nc1nc(F)nc2nc[nH]c12)c1cc2ccccc2c(OC2CCN(S(C)(=O)=O)CC2)n1.Cc1cccc2cc([C@H](C)Nc3nc(F)nc4nc[nH]c34)nc(OC3CCN(S(C)(=O)=O)CC3)c12.Cc1cccc2nc([C@H](C)Nc3nc(F)nc4nc[nH]c34)nc(OC3CCN(S(C)(=O)=O)CC3)c12. The van der Waals surface area contributed by atoms with Gasteiger partial charge in [-0.1, -0.05) is 72.3 Å². The normalized spacial score (nSPS) is 16.6. The van der Waals surface area contributed by atoms with Crippen LogP contribution in [0, 0.1) is 38.2 Å². The largest absolute Gasteiger partial charge is 0.474 e. The minimum Gasteiger partial charge on any atom is -0.474 e. The second-order valence-corrected chi connectivity index (χ2v) is 42.6. The lowest BCUT2D eigenvalue weighted by Crippen LogP contribution is -2.41. The molecule has 50 heteroatoms. The van der Waals surface area contributed by atoms with E-state index in [9.17, 15) is 51.2 Å². The summed E-state index contributed by atoms with van der Waals surface area (Å²) < 4.78 is 181. The number of nitrogens with zero attached hydrogens (tertiary/aromatic N) is 21. The van der Waals surface area contributed by atoms with E-state index in [1.165, 1.54) is 67.6 Å². The molecule has 0 spiro atoms. The third-order valence-electron chi connectivity index (χ3n) is 24.2. The zero-order valence-corrected chi connectivity index (χ0v) is 80.8. The van der Waals surface area contributed by atoms with Crippen molar-refractivity contribution in [2.75, 3.05) is 98.6 Å². The van der Waals surface area contributed by atoms with Gasteiger partial charge in [0.15, 0.2) is 51.7 Å². The van der Waals surface area contributed by atoms with Crippen LogP contribution in [0.25, 0.3) is 87.9 Å². The van der Waals surface area contributed by atoms with Gasteiger partial charge in [-0.2, -0.15) is 62.4 Å². The van der Waals surface area contributed by atoms with Crippen LogP contribution in [0.15, 0.2) is 122 Å². The summed E-state index contributed by atoms with van der Waals surface area (Å²) in [6.45, 7) is 14.7. The van der Waals surface area contributed by atoms with E-state index in [4.69, 9.17) is 55.5 Å².